The summed E-state index contributed by atoms with van der Waals surface area (Å²) < 4.78 is 0. The summed E-state index contributed by atoms with van der Waals surface area (Å²) >= 11 is 18.0. The molecule has 0 heterocycles. The largest absolute Gasteiger partial charge is 1.00 e. The summed E-state index contributed by atoms with van der Waals surface area (Å²) in [5.74, 6) is 7.62. The van der Waals surface area contributed by atoms with Gasteiger partial charge in [-0.3, -0.25) is 43.2 Å². The maximum Gasteiger partial charge on any atom is 1.00 e. The quantitative estimate of drug-likeness (QED) is 0.00556. The minimum Gasteiger partial charge on any atom is -1.00 e. The van der Waals surface area contributed by atoms with E-state index in [1.54, 1.807) is 23.5 Å². The van der Waals surface area contributed by atoms with Crippen LogP contribution in [-0.4, -0.2) is 184 Å². The van der Waals surface area contributed by atoms with Gasteiger partial charge < -0.3 is 54.4 Å². The van der Waals surface area contributed by atoms with E-state index in [2.05, 4.69) is 166 Å². The molecule has 0 fully saturated rings. The number of amides is 3. The first-order valence-corrected chi connectivity index (χ1v) is 62.9. The van der Waals surface area contributed by atoms with Crippen molar-refractivity contribution in [2.75, 3.05) is 63.3 Å². The summed E-state index contributed by atoms with van der Waals surface area (Å²) in [6.45, 7) is 4.38. The van der Waals surface area contributed by atoms with Gasteiger partial charge in [0.1, 0.15) is 5.44 Å². The van der Waals surface area contributed by atoms with E-state index >= 15 is 0 Å². The number of hydrogen-bond donors (Lipinski definition) is 10. The molecule has 0 radical (unpaired) electrons. The van der Waals surface area contributed by atoms with Crippen LogP contribution in [0.3, 0.4) is 0 Å². The number of aliphatic hydroxyl groups excluding tert-OH is 1. The van der Waals surface area contributed by atoms with E-state index in [1.807, 2.05) is 174 Å². The molecule has 0 aliphatic rings. The Morgan fingerprint density at radius 3 is 1.04 bits per heavy atom. The molecule has 0 aliphatic heterocycles. The molecule has 0 spiro atoms. The summed E-state index contributed by atoms with van der Waals surface area (Å²) in [5, 5.41) is 65.6. The standard InChI is InChI=1S/C22H28O3S2.C21H26O2S2.C18H27NO3S2.C16H24O2S4.C16H24O2S2.C12H22N2O4S2.Na.H/c23-21(24)14-8-7-13-20(27-17-18-9-3-1-4-10-18)15-16-26-22(25)19-11-5-2-6-12-19;22-21(23)14-8-7-13-20(25-19-11-5-2-6-12-19)15-16-24-17-18-9-3-1-4-10-18;19-17(20)11-13-24-16(8-4-5-9-18(21)22)10-12-23-14-15-6-2-1-3-7-15;1-2-19-20-13-12-15(10-6-7-11-16(17)18)22-21-14-8-4-3-5-9-14;1-2-19-15(10-6-7-11-16(17)18)12-13-20-14-8-4-3-5-9-14;13-10(15)7-19-6-5-9(20-8-11(14)16)3-1-2-4-12(17)18;;/h1-6,9-12,20,22,25H,7-8,13-17H2,(H,23,24);1-6,9-12,20H,7-8,13-17H2,(H,22,23);1-3,6-7,16H,4-5,8-14H2,(H2,19,20)(H,21,22);3-5,8-9,15H,2,6-7,10-13H2,1H3,(H,17,18);3-5,8-9,15H,2,6-7,10-13H2,1H3,(H,17,18);9H,1-8H2,(H2,13,15)(H2,14,16)(H,17,18);;/q;;;;;;+1;-1. The fourth-order valence-electron chi connectivity index (χ4n) is 13.0. The fourth-order valence-corrected chi connectivity index (χ4v) is 29.0. The molecule has 0 saturated carbocycles. The third-order valence-corrected chi connectivity index (χ3v) is 37.7. The van der Waals surface area contributed by atoms with Gasteiger partial charge >= 0.3 is 65.4 Å². The Hall–Kier alpha value is -4.37. The van der Waals surface area contributed by atoms with Crippen molar-refractivity contribution in [3.63, 3.8) is 0 Å². The molecule has 0 saturated heterocycles. The van der Waals surface area contributed by atoms with Crippen molar-refractivity contribution in [3.05, 3.63) is 235 Å². The summed E-state index contributed by atoms with van der Waals surface area (Å²) in [5.41, 5.74) is 19.9. The Morgan fingerprint density at radius 2 is 0.626 bits per heavy atom. The van der Waals surface area contributed by atoms with Crippen molar-refractivity contribution in [3.8, 4) is 0 Å². The van der Waals surface area contributed by atoms with Gasteiger partial charge in [-0.25, -0.2) is 0 Å². The summed E-state index contributed by atoms with van der Waals surface area (Å²) in [6, 6.07) is 72.6. The zero-order valence-electron chi connectivity index (χ0n) is 82.3. The second-order valence-corrected chi connectivity index (χ2v) is 50.0. The SMILES string of the molecule is CCSC(CCCCC(=O)O)CCSc1ccccc1.CCSSCCC(CCCCC(=O)O)SSc1ccccc1.NC(=O)CCSC(CCCCC(=O)O)CCSCc1ccccc1.NC(=O)CSCCC(CCCCC(=O)O)SCC(N)=O.O=C(O)CCCCC(CCSC(O)c1ccccc1)SCc1ccccc1.O=C(O)CCCCC(CCSCc1ccccc1)Sc1ccccc1.[H-].[Na+]. The van der Waals surface area contributed by atoms with Crippen molar-refractivity contribution >= 4 is 214 Å². The van der Waals surface area contributed by atoms with E-state index in [9.17, 15) is 48.3 Å². The molecule has 0 aromatic heterocycles. The molecule has 3 amide bonds. The molecule has 7 aromatic rings. The first kappa shape index (κ1) is 133. The van der Waals surface area contributed by atoms with E-state index < -0.39 is 41.3 Å². The Kier molecular flexibility index (Phi) is 89.1. The minimum absolute atomic E-state index is 0. The van der Waals surface area contributed by atoms with Crippen molar-refractivity contribution in [2.45, 2.75) is 282 Å². The second-order valence-electron chi connectivity index (χ2n) is 32.0. The molecule has 139 heavy (non-hydrogen) atoms. The zero-order valence-corrected chi connectivity index (χ0v) is 94.8. The summed E-state index contributed by atoms with van der Waals surface area (Å²) in [4.78, 5) is 99.7. The van der Waals surface area contributed by atoms with E-state index in [-0.39, 0.29) is 85.4 Å². The maximum absolute atomic E-state index is 10.9. The summed E-state index contributed by atoms with van der Waals surface area (Å²) in [7, 11) is 7.65. The number of primary amides is 3. The maximum atomic E-state index is 10.9. The van der Waals surface area contributed by atoms with Crippen molar-refractivity contribution in [2.24, 2.45) is 17.2 Å². The van der Waals surface area contributed by atoms with Gasteiger partial charge in [-0.05, 0) is 209 Å². The normalized spacial score (nSPS) is 12.2. The third-order valence-electron chi connectivity index (χ3n) is 20.2. The van der Waals surface area contributed by atoms with Crippen molar-refractivity contribution < 1.29 is 110 Å². The van der Waals surface area contributed by atoms with Gasteiger partial charge in [-0.1, -0.05) is 271 Å². The van der Waals surface area contributed by atoms with Crippen LogP contribution in [0.4, 0.5) is 0 Å². The first-order chi connectivity index (χ1) is 66.8. The molecule has 0 aliphatic carbocycles. The van der Waals surface area contributed by atoms with Gasteiger partial charge in [0.05, 0.1) is 11.5 Å². The Labute approximate surface area is 911 Å². The second kappa shape index (κ2) is 93.4. The number of aliphatic hydroxyl groups is 1. The predicted octanol–water partition coefficient (Wildman–Crippen LogP) is 24.9. The number of carbonyl (C=O) groups is 9. The smallest absolute Gasteiger partial charge is 1.00 e. The number of benzene rings is 7. The first-order valence-electron chi connectivity index (χ1n) is 47.7. The molecule has 7 aromatic carbocycles. The van der Waals surface area contributed by atoms with Crippen LogP contribution in [-0.2, 0) is 60.4 Å². The fraction of sp³-hybridized carbons (Fsp3) is 0.514. The van der Waals surface area contributed by atoms with Crippen LogP contribution in [0.5, 0.6) is 0 Å². The van der Waals surface area contributed by atoms with E-state index in [1.165, 1.54) is 73.5 Å². The van der Waals surface area contributed by atoms with Gasteiger partial charge in [0.15, 0.2) is 0 Å². The molecule has 0 bridgehead atoms. The van der Waals surface area contributed by atoms with Gasteiger partial charge in [-0.2, -0.15) is 70.6 Å². The molecule has 768 valence electrons. The van der Waals surface area contributed by atoms with Crippen LogP contribution in [0.25, 0.3) is 0 Å². The van der Waals surface area contributed by atoms with E-state index in [0.29, 0.717) is 57.7 Å². The third kappa shape index (κ3) is 85.4. The molecule has 13 N–H and O–H groups in total. The monoisotopic (exact) mass is 2180 g/mol. The Balaban J connectivity index is 0.00000166. The number of rotatable bonds is 76. The molecule has 7 unspecified atom stereocenters. The number of unbranched alkanes of at least 4 members (excludes halogenated alkanes) is 6. The number of carbonyl (C=O) groups excluding carboxylic acids is 3. The average molecular weight is 2180 g/mol. The number of hydrogen-bond acceptors (Lipinski definition) is 24. The number of nitrogens with two attached hydrogens (primary N) is 3. The Morgan fingerprint density at radius 1 is 0.288 bits per heavy atom. The predicted molar refractivity (Wildman–Crippen MR) is 607 cm³/mol. The van der Waals surface area contributed by atoms with E-state index in [4.69, 9.17) is 47.8 Å². The van der Waals surface area contributed by atoms with Crippen molar-refractivity contribution in [1.29, 1.82) is 0 Å². The molecular formula is C105H152N3NaO16S14. The minimum atomic E-state index is -0.789. The number of thioether (sulfide) groups is 10. The van der Waals surface area contributed by atoms with Gasteiger partial charge in [0.25, 0.3) is 0 Å². The van der Waals surface area contributed by atoms with Crippen LogP contribution in [0.2, 0.25) is 0 Å². The van der Waals surface area contributed by atoms with Crippen LogP contribution in [0.15, 0.2) is 227 Å². The molecular weight excluding hydrogens is 2030 g/mol. The summed E-state index contributed by atoms with van der Waals surface area (Å²) in [6.07, 6.45) is 24.8. The average Bonchev–Trinajstić information content (AvgIpc) is 0.905. The van der Waals surface area contributed by atoms with E-state index in [0.717, 1.165) is 204 Å². The van der Waals surface area contributed by atoms with Crippen LogP contribution in [0.1, 0.15) is 242 Å². The zero-order chi connectivity index (χ0) is 101. The van der Waals surface area contributed by atoms with Gasteiger partial charge in [0, 0.05) is 126 Å². The molecule has 34 heteroatoms. The number of carboxylic acid groups (broad SMARTS) is 6. The van der Waals surface area contributed by atoms with Gasteiger partial charge in [-0.15, -0.1) is 47.0 Å². The molecule has 7 rings (SSSR count). The van der Waals surface area contributed by atoms with Crippen LogP contribution < -0.4 is 46.8 Å². The topological polar surface area (TPSA) is 373 Å². The Bertz CT molecular complexity index is 4180. The van der Waals surface area contributed by atoms with Crippen molar-refractivity contribution in [1.82, 2.24) is 0 Å². The van der Waals surface area contributed by atoms with Crippen LogP contribution in [0, 0.1) is 0 Å². The van der Waals surface area contributed by atoms with Crippen LogP contribution >= 0.6 is 161 Å². The molecule has 19 nitrogen and oxygen atoms in total. The van der Waals surface area contributed by atoms with Gasteiger partial charge in [0.2, 0.25) is 17.7 Å². The number of aliphatic carboxylic acids is 6. The molecule has 7 atom stereocenters. The number of carboxylic acids is 6.